The van der Waals surface area contributed by atoms with Gasteiger partial charge < -0.3 is 9.94 Å². The highest BCUT2D eigenvalue weighted by Crippen LogP contribution is 2.32. The lowest BCUT2D eigenvalue weighted by molar-refractivity contribution is -0.108. The lowest BCUT2D eigenvalue weighted by atomic mass is 10.2. The fourth-order valence-electron chi connectivity index (χ4n) is 4.10. The van der Waals surface area contributed by atoms with Crippen LogP contribution >= 0.6 is 0 Å². The first-order valence-electron chi connectivity index (χ1n) is 11.5. The van der Waals surface area contributed by atoms with Crippen LogP contribution in [0.4, 0.5) is 0 Å². The van der Waals surface area contributed by atoms with E-state index in [2.05, 4.69) is 9.97 Å². The Morgan fingerprint density at radius 2 is 1.85 bits per heavy atom. The number of hydrogen-bond acceptors (Lipinski definition) is 8. The summed E-state index contributed by atoms with van der Waals surface area (Å²) in [5.74, 6) is 1.27. The molecule has 3 heterocycles. The number of nitrogens with zero attached hydrogens (tertiary/aromatic N) is 5. The smallest absolute Gasteiger partial charge is 0.334 e. The molecule has 0 radical (unpaired) electrons. The number of fused-ring (bicyclic) bond motifs is 1. The zero-order valence-electron chi connectivity index (χ0n) is 19.6. The molecule has 0 saturated carbocycles. The van der Waals surface area contributed by atoms with Gasteiger partial charge in [0.2, 0.25) is 10.0 Å². The highest BCUT2D eigenvalue weighted by Gasteiger charge is 2.29. The van der Waals surface area contributed by atoms with Gasteiger partial charge in [0.1, 0.15) is 17.4 Å². The number of aromatic nitrogens is 4. The monoisotopic (exact) mass is 490 g/mol. The number of H-pyrrole nitrogens is 1. The van der Waals surface area contributed by atoms with E-state index in [9.17, 15) is 18.4 Å². The van der Waals surface area contributed by atoms with Gasteiger partial charge in [-0.15, -0.1) is 0 Å². The quantitative estimate of drug-likeness (QED) is 0.487. The molecule has 0 bridgehead atoms. The summed E-state index contributed by atoms with van der Waals surface area (Å²) in [7, 11) is -3.81. The predicted molar refractivity (Wildman–Crippen MR) is 126 cm³/mol. The SMILES string of the molecule is CCCc1nc(CC)n2c(=O)[nH]c(-c3cc(S(=O)(=O)N4CCN(O)CC4)ccc3OCC)nc12. The zero-order valence-corrected chi connectivity index (χ0v) is 20.4. The fraction of sp³-hybridized carbons (Fsp3) is 0.500. The molecule has 0 amide bonds. The Morgan fingerprint density at radius 1 is 1.12 bits per heavy atom. The molecule has 1 aliphatic heterocycles. The van der Waals surface area contributed by atoms with Gasteiger partial charge in [0.15, 0.2) is 5.65 Å². The fourth-order valence-corrected chi connectivity index (χ4v) is 5.55. The molecule has 1 saturated heterocycles. The van der Waals surface area contributed by atoms with E-state index < -0.39 is 10.0 Å². The summed E-state index contributed by atoms with van der Waals surface area (Å²) in [6.07, 6.45) is 2.09. The third-order valence-electron chi connectivity index (χ3n) is 5.80. The molecule has 4 rings (SSSR count). The number of rotatable bonds is 8. The van der Waals surface area contributed by atoms with Crippen molar-refractivity contribution >= 4 is 15.7 Å². The van der Waals surface area contributed by atoms with Crippen molar-refractivity contribution in [1.82, 2.24) is 28.7 Å². The van der Waals surface area contributed by atoms with Crippen molar-refractivity contribution in [1.29, 1.82) is 0 Å². The first-order valence-corrected chi connectivity index (χ1v) is 13.0. The number of hydrogen-bond donors (Lipinski definition) is 2. The summed E-state index contributed by atoms with van der Waals surface area (Å²) in [6, 6.07) is 4.55. The van der Waals surface area contributed by atoms with Gasteiger partial charge in [-0.2, -0.15) is 9.37 Å². The number of aryl methyl sites for hydroxylation is 2. The summed E-state index contributed by atoms with van der Waals surface area (Å²) >= 11 is 0. The molecule has 11 nitrogen and oxygen atoms in total. The molecular formula is C22H30N6O5S. The number of piperazine rings is 1. The van der Waals surface area contributed by atoms with E-state index in [0.717, 1.165) is 17.2 Å². The van der Waals surface area contributed by atoms with Crippen LogP contribution in [0.15, 0.2) is 27.9 Å². The molecule has 184 valence electrons. The minimum Gasteiger partial charge on any atom is -0.493 e. The van der Waals surface area contributed by atoms with Crippen LogP contribution < -0.4 is 10.4 Å². The second kappa shape index (κ2) is 9.82. The molecule has 0 spiro atoms. The number of aromatic amines is 1. The van der Waals surface area contributed by atoms with Crippen molar-refractivity contribution in [2.75, 3.05) is 32.8 Å². The van der Waals surface area contributed by atoms with Gasteiger partial charge in [-0.25, -0.2) is 27.6 Å². The van der Waals surface area contributed by atoms with Crippen LogP contribution in [-0.2, 0) is 22.9 Å². The summed E-state index contributed by atoms with van der Waals surface area (Å²) in [5.41, 5.74) is 1.19. The van der Waals surface area contributed by atoms with Gasteiger partial charge in [-0.1, -0.05) is 20.3 Å². The van der Waals surface area contributed by atoms with Crippen LogP contribution in [0, 0.1) is 0 Å². The Morgan fingerprint density at radius 3 is 2.50 bits per heavy atom. The molecule has 34 heavy (non-hydrogen) atoms. The van der Waals surface area contributed by atoms with Crippen molar-refractivity contribution in [2.24, 2.45) is 0 Å². The number of benzene rings is 1. The Labute approximate surface area is 198 Å². The first-order chi connectivity index (χ1) is 16.3. The molecule has 0 atom stereocenters. The third-order valence-corrected chi connectivity index (χ3v) is 7.69. The normalized spacial score (nSPS) is 15.8. The van der Waals surface area contributed by atoms with E-state index in [4.69, 9.17) is 9.72 Å². The van der Waals surface area contributed by atoms with E-state index in [1.807, 2.05) is 20.8 Å². The van der Waals surface area contributed by atoms with Crippen LogP contribution in [0.2, 0.25) is 0 Å². The van der Waals surface area contributed by atoms with Gasteiger partial charge in [-0.05, 0) is 31.5 Å². The summed E-state index contributed by atoms with van der Waals surface area (Å²) in [4.78, 5) is 25.2. The van der Waals surface area contributed by atoms with Crippen molar-refractivity contribution < 1.29 is 18.4 Å². The Bertz CT molecular complexity index is 1340. The van der Waals surface area contributed by atoms with Crippen LogP contribution in [-0.4, -0.2) is 75.1 Å². The number of ether oxygens (including phenoxy) is 1. The predicted octanol–water partition coefficient (Wildman–Crippen LogP) is 1.69. The van der Waals surface area contributed by atoms with E-state index >= 15 is 0 Å². The Kier molecular flexibility index (Phi) is 7.03. The molecular weight excluding hydrogens is 460 g/mol. The molecule has 2 aromatic heterocycles. The maximum Gasteiger partial charge on any atom is 0.334 e. The average Bonchev–Trinajstić information content (AvgIpc) is 3.18. The van der Waals surface area contributed by atoms with Crippen LogP contribution in [0.3, 0.4) is 0 Å². The minimum atomic E-state index is -3.81. The van der Waals surface area contributed by atoms with Crippen molar-refractivity contribution in [2.45, 2.75) is 44.9 Å². The maximum absolute atomic E-state index is 13.3. The highest BCUT2D eigenvalue weighted by molar-refractivity contribution is 7.89. The summed E-state index contributed by atoms with van der Waals surface area (Å²) in [5, 5.41) is 10.7. The molecule has 0 aliphatic carbocycles. The third kappa shape index (κ3) is 4.45. The van der Waals surface area contributed by atoms with Crippen molar-refractivity contribution in [3.63, 3.8) is 0 Å². The second-order valence-corrected chi connectivity index (χ2v) is 10.0. The second-order valence-electron chi connectivity index (χ2n) is 8.08. The average molecular weight is 491 g/mol. The first kappa shape index (κ1) is 24.3. The van der Waals surface area contributed by atoms with E-state index in [1.54, 1.807) is 6.07 Å². The number of hydroxylamine groups is 2. The molecule has 12 heteroatoms. The number of nitrogens with one attached hydrogen (secondary N) is 1. The topological polar surface area (TPSA) is 133 Å². The summed E-state index contributed by atoms with van der Waals surface area (Å²) in [6.45, 7) is 6.96. The van der Waals surface area contributed by atoms with Crippen LogP contribution in [0.5, 0.6) is 5.75 Å². The molecule has 1 aromatic carbocycles. The van der Waals surface area contributed by atoms with E-state index in [0.29, 0.717) is 42.2 Å². The van der Waals surface area contributed by atoms with Crippen LogP contribution in [0.25, 0.3) is 17.0 Å². The molecule has 1 aliphatic rings. The number of sulfonamides is 1. The maximum atomic E-state index is 13.3. The largest absolute Gasteiger partial charge is 0.493 e. The van der Waals surface area contributed by atoms with Gasteiger partial charge >= 0.3 is 5.69 Å². The highest BCUT2D eigenvalue weighted by atomic mass is 32.2. The molecule has 1 fully saturated rings. The molecule has 3 aromatic rings. The Hall–Kier alpha value is -2.80. The lowest BCUT2D eigenvalue weighted by Crippen LogP contribution is -2.47. The van der Waals surface area contributed by atoms with Crippen molar-refractivity contribution in [3.8, 4) is 17.1 Å². The minimum absolute atomic E-state index is 0.0661. The van der Waals surface area contributed by atoms with E-state index in [1.165, 1.54) is 20.8 Å². The van der Waals surface area contributed by atoms with Gasteiger partial charge in [0.05, 0.1) is 22.8 Å². The molecule has 2 N–H and O–H groups in total. The van der Waals surface area contributed by atoms with Crippen LogP contribution in [0.1, 0.15) is 38.7 Å². The summed E-state index contributed by atoms with van der Waals surface area (Å²) < 4.78 is 35.1. The van der Waals surface area contributed by atoms with Gasteiger partial charge in [-0.3, -0.25) is 4.98 Å². The lowest BCUT2D eigenvalue weighted by Gasteiger charge is -2.30. The molecule has 0 unspecified atom stereocenters. The van der Waals surface area contributed by atoms with Gasteiger partial charge in [0.25, 0.3) is 0 Å². The van der Waals surface area contributed by atoms with Gasteiger partial charge in [0, 0.05) is 32.6 Å². The Balaban J connectivity index is 1.86. The standard InChI is InChI=1S/C22H30N6O5S/c1-4-7-17-21-24-20(25-22(29)28(21)19(5-2)23-17)16-14-15(8-9-18(16)33-6-3)34(31,32)27-12-10-26(30)11-13-27/h8-9,14,30H,4-7,10-13H2,1-3H3,(H,24,25,29). The zero-order chi connectivity index (χ0) is 24.5. The van der Waals surface area contributed by atoms with E-state index in [-0.39, 0.29) is 42.6 Å². The number of imidazole rings is 1. The van der Waals surface area contributed by atoms with Crippen molar-refractivity contribution in [3.05, 3.63) is 40.2 Å².